The molecule has 0 aliphatic carbocycles. The molecule has 1 saturated heterocycles. The first kappa shape index (κ1) is 13.1. The number of aromatic nitrogens is 2. The van der Waals surface area contributed by atoms with Crippen LogP contribution < -0.4 is 5.32 Å². The molecule has 1 aliphatic heterocycles. The molecule has 3 rings (SSSR count). The molecule has 1 atom stereocenters. The Balaban J connectivity index is 2.05. The maximum atomic E-state index is 11.9. The molecule has 1 fully saturated rings. The number of nitrogens with zero attached hydrogens (tertiary/aromatic N) is 2. The van der Waals surface area contributed by atoms with Crippen LogP contribution in [0, 0.1) is 6.92 Å². The maximum absolute atomic E-state index is 11.9. The van der Waals surface area contributed by atoms with E-state index in [1.54, 1.807) is 0 Å². The monoisotopic (exact) mass is 273 g/mol. The summed E-state index contributed by atoms with van der Waals surface area (Å²) in [5, 5.41) is 3.46. The van der Waals surface area contributed by atoms with Crippen LogP contribution in [0.4, 0.5) is 0 Å². The summed E-state index contributed by atoms with van der Waals surface area (Å²) in [6.07, 6.45) is 5.18. The predicted molar refractivity (Wildman–Crippen MR) is 76.0 cm³/mol. The normalized spacial score (nSPS) is 18.6. The molecule has 5 heteroatoms. The zero-order valence-corrected chi connectivity index (χ0v) is 11.8. The Morgan fingerprint density at radius 2 is 2.45 bits per heavy atom. The Morgan fingerprint density at radius 3 is 3.15 bits per heavy atom. The highest BCUT2D eigenvalue weighted by molar-refractivity contribution is 5.95. The molecule has 0 saturated carbocycles. The maximum Gasteiger partial charge on any atom is 0.358 e. The van der Waals surface area contributed by atoms with Gasteiger partial charge in [0.25, 0.3) is 0 Å². The molecule has 2 aromatic rings. The van der Waals surface area contributed by atoms with Crippen molar-refractivity contribution in [2.75, 3.05) is 13.7 Å². The van der Waals surface area contributed by atoms with E-state index in [2.05, 4.69) is 10.3 Å². The van der Waals surface area contributed by atoms with Crippen molar-refractivity contribution in [1.29, 1.82) is 0 Å². The minimum Gasteiger partial charge on any atom is -0.464 e. The van der Waals surface area contributed by atoms with Crippen molar-refractivity contribution >= 4 is 11.5 Å². The first-order chi connectivity index (χ1) is 9.69. The number of methoxy groups -OCH3 is 1. The number of carbonyl (C=O) groups excluding carboxylic acids is 1. The van der Waals surface area contributed by atoms with Crippen LogP contribution in [0.5, 0.6) is 0 Å². The molecule has 0 radical (unpaired) electrons. The van der Waals surface area contributed by atoms with Crippen molar-refractivity contribution in [3.8, 4) is 0 Å². The summed E-state index contributed by atoms with van der Waals surface area (Å²) in [6, 6.07) is 4.46. The van der Waals surface area contributed by atoms with Crippen molar-refractivity contribution in [3.63, 3.8) is 0 Å². The quantitative estimate of drug-likeness (QED) is 0.865. The number of ether oxygens (including phenoxy) is 1. The van der Waals surface area contributed by atoms with Gasteiger partial charge in [0.2, 0.25) is 0 Å². The SMILES string of the molecule is COC(=O)c1nc(CC2CCCN2)n2ccc(C)cc12. The largest absolute Gasteiger partial charge is 0.464 e. The molecule has 106 valence electrons. The van der Waals surface area contributed by atoms with E-state index in [-0.39, 0.29) is 5.97 Å². The lowest BCUT2D eigenvalue weighted by atomic mass is 10.1. The number of hydrogen-bond donors (Lipinski definition) is 1. The zero-order chi connectivity index (χ0) is 14.1. The number of pyridine rings is 1. The van der Waals surface area contributed by atoms with Gasteiger partial charge in [-0.25, -0.2) is 9.78 Å². The van der Waals surface area contributed by atoms with Crippen molar-refractivity contribution in [2.45, 2.75) is 32.2 Å². The molecule has 0 spiro atoms. The van der Waals surface area contributed by atoms with Gasteiger partial charge in [-0.3, -0.25) is 0 Å². The lowest BCUT2D eigenvalue weighted by Gasteiger charge is -2.08. The topological polar surface area (TPSA) is 55.6 Å². The molecule has 5 nitrogen and oxygen atoms in total. The Kier molecular flexibility index (Phi) is 3.44. The third-order valence-corrected chi connectivity index (χ3v) is 3.84. The van der Waals surface area contributed by atoms with E-state index in [1.165, 1.54) is 13.5 Å². The summed E-state index contributed by atoms with van der Waals surface area (Å²) in [5.41, 5.74) is 2.34. The minimum absolute atomic E-state index is 0.376. The number of nitrogens with one attached hydrogen (secondary N) is 1. The summed E-state index contributed by atoms with van der Waals surface area (Å²) >= 11 is 0. The van der Waals surface area contributed by atoms with E-state index in [4.69, 9.17) is 4.74 Å². The van der Waals surface area contributed by atoms with Gasteiger partial charge < -0.3 is 14.5 Å². The summed E-state index contributed by atoms with van der Waals surface area (Å²) in [5.74, 6) is 0.540. The van der Waals surface area contributed by atoms with Gasteiger partial charge in [0.15, 0.2) is 5.69 Å². The Bertz CT molecular complexity index is 642. The highest BCUT2D eigenvalue weighted by Gasteiger charge is 2.22. The van der Waals surface area contributed by atoms with Crippen LogP contribution in [0.1, 0.15) is 34.7 Å². The fourth-order valence-electron chi connectivity index (χ4n) is 2.80. The van der Waals surface area contributed by atoms with Gasteiger partial charge >= 0.3 is 5.97 Å². The smallest absolute Gasteiger partial charge is 0.358 e. The molecular weight excluding hydrogens is 254 g/mol. The molecule has 3 heterocycles. The van der Waals surface area contributed by atoms with Crippen LogP contribution in [0.25, 0.3) is 5.52 Å². The molecular formula is C15H19N3O2. The summed E-state index contributed by atoms with van der Waals surface area (Å²) in [7, 11) is 1.39. The summed E-state index contributed by atoms with van der Waals surface area (Å²) in [6.45, 7) is 3.07. The fourth-order valence-corrected chi connectivity index (χ4v) is 2.80. The Morgan fingerprint density at radius 1 is 1.60 bits per heavy atom. The van der Waals surface area contributed by atoms with Crippen molar-refractivity contribution in [2.24, 2.45) is 0 Å². The lowest BCUT2D eigenvalue weighted by Crippen LogP contribution is -2.24. The molecule has 1 unspecified atom stereocenters. The van der Waals surface area contributed by atoms with E-state index < -0.39 is 0 Å². The predicted octanol–water partition coefficient (Wildman–Crippen LogP) is 1.72. The average molecular weight is 273 g/mol. The van der Waals surface area contributed by atoms with Crippen LogP contribution in [-0.2, 0) is 11.2 Å². The van der Waals surface area contributed by atoms with E-state index in [0.717, 1.165) is 36.3 Å². The van der Waals surface area contributed by atoms with Gasteiger partial charge in [-0.1, -0.05) is 0 Å². The van der Waals surface area contributed by atoms with Gasteiger partial charge in [0.05, 0.1) is 12.6 Å². The van der Waals surface area contributed by atoms with Gasteiger partial charge in [0.1, 0.15) is 5.82 Å². The average Bonchev–Trinajstić information content (AvgIpc) is 3.06. The van der Waals surface area contributed by atoms with Gasteiger partial charge in [0, 0.05) is 18.7 Å². The number of aryl methyl sites for hydroxylation is 1. The first-order valence-corrected chi connectivity index (χ1v) is 6.98. The number of imidazole rings is 1. The Hall–Kier alpha value is -1.88. The third kappa shape index (κ3) is 2.29. The molecule has 0 aromatic carbocycles. The standard InChI is InChI=1S/C15H19N3O2/c1-10-5-7-18-12(8-10)14(15(19)20-2)17-13(18)9-11-4-3-6-16-11/h5,7-8,11,16H,3-4,6,9H2,1-2H3. The van der Waals surface area contributed by atoms with E-state index >= 15 is 0 Å². The van der Waals surface area contributed by atoms with E-state index in [1.807, 2.05) is 29.7 Å². The number of fused-ring (bicyclic) bond motifs is 1. The Labute approximate surface area is 118 Å². The summed E-state index contributed by atoms with van der Waals surface area (Å²) in [4.78, 5) is 16.4. The highest BCUT2D eigenvalue weighted by atomic mass is 16.5. The minimum atomic E-state index is -0.376. The van der Waals surface area contributed by atoms with Gasteiger partial charge in [-0.15, -0.1) is 0 Å². The molecule has 1 N–H and O–H groups in total. The van der Waals surface area contributed by atoms with Crippen LogP contribution in [0.3, 0.4) is 0 Å². The first-order valence-electron chi connectivity index (χ1n) is 6.98. The van der Waals surface area contributed by atoms with E-state index in [0.29, 0.717) is 11.7 Å². The number of rotatable bonds is 3. The second kappa shape index (κ2) is 5.25. The van der Waals surface area contributed by atoms with Crippen LogP contribution in [-0.4, -0.2) is 35.1 Å². The molecule has 0 amide bonds. The molecule has 0 bridgehead atoms. The van der Waals surface area contributed by atoms with E-state index in [9.17, 15) is 4.79 Å². The number of hydrogen-bond acceptors (Lipinski definition) is 4. The van der Waals surface area contributed by atoms with Gasteiger partial charge in [-0.05, 0) is 44.0 Å². The van der Waals surface area contributed by atoms with Crippen molar-refractivity contribution in [3.05, 3.63) is 35.4 Å². The van der Waals surface area contributed by atoms with Crippen LogP contribution >= 0.6 is 0 Å². The second-order valence-electron chi connectivity index (χ2n) is 5.32. The zero-order valence-electron chi connectivity index (χ0n) is 11.8. The third-order valence-electron chi connectivity index (χ3n) is 3.84. The molecule has 2 aromatic heterocycles. The lowest BCUT2D eigenvalue weighted by molar-refractivity contribution is 0.0597. The summed E-state index contributed by atoms with van der Waals surface area (Å²) < 4.78 is 6.84. The fraction of sp³-hybridized carbons (Fsp3) is 0.467. The molecule has 1 aliphatic rings. The number of esters is 1. The van der Waals surface area contributed by atoms with Crippen LogP contribution in [0.2, 0.25) is 0 Å². The highest BCUT2D eigenvalue weighted by Crippen LogP contribution is 2.19. The van der Waals surface area contributed by atoms with Crippen molar-refractivity contribution < 1.29 is 9.53 Å². The number of carbonyl (C=O) groups is 1. The van der Waals surface area contributed by atoms with Gasteiger partial charge in [-0.2, -0.15) is 0 Å². The second-order valence-corrected chi connectivity index (χ2v) is 5.32. The van der Waals surface area contributed by atoms with Crippen LogP contribution in [0.15, 0.2) is 18.3 Å². The van der Waals surface area contributed by atoms with Crippen molar-refractivity contribution in [1.82, 2.24) is 14.7 Å². The molecule has 20 heavy (non-hydrogen) atoms.